The van der Waals surface area contributed by atoms with Gasteiger partial charge in [0.15, 0.2) is 0 Å². The predicted octanol–water partition coefficient (Wildman–Crippen LogP) is 0.894. The van der Waals surface area contributed by atoms with E-state index in [0.717, 1.165) is 38.8 Å². The van der Waals surface area contributed by atoms with E-state index >= 15 is 0 Å². The number of carbonyl (C=O) groups is 3. The molecule has 2 rings (SSSR count). The molecule has 3 amide bonds. The van der Waals surface area contributed by atoms with Crippen molar-refractivity contribution in [1.82, 2.24) is 15.1 Å². The van der Waals surface area contributed by atoms with Crippen molar-refractivity contribution < 1.29 is 19.5 Å². The fourth-order valence-electron chi connectivity index (χ4n) is 3.15. The normalized spacial score (nSPS) is 23.2. The molecular formula is C15H25N3O4. The van der Waals surface area contributed by atoms with E-state index in [1.807, 2.05) is 4.90 Å². The molecule has 0 aliphatic carbocycles. The van der Waals surface area contributed by atoms with E-state index in [1.165, 1.54) is 0 Å². The van der Waals surface area contributed by atoms with Crippen LogP contribution >= 0.6 is 0 Å². The van der Waals surface area contributed by atoms with Crippen molar-refractivity contribution >= 4 is 17.9 Å². The van der Waals surface area contributed by atoms with Gasteiger partial charge in [0, 0.05) is 32.2 Å². The highest BCUT2D eigenvalue weighted by molar-refractivity contribution is 5.81. The maximum atomic E-state index is 12.4. The summed E-state index contributed by atoms with van der Waals surface area (Å²) in [5.41, 5.74) is 0. The lowest BCUT2D eigenvalue weighted by Gasteiger charge is -2.35. The number of nitrogens with one attached hydrogen (secondary N) is 1. The molecule has 0 saturated carbocycles. The van der Waals surface area contributed by atoms with Gasteiger partial charge in [-0.15, -0.1) is 0 Å². The minimum Gasteiger partial charge on any atom is -0.481 e. The SMILES string of the molecule is CC(CC(=O)O)NC(=O)C1CCCN(C(=O)N2CCCC2)C1. The number of piperidine rings is 1. The molecule has 0 aromatic carbocycles. The fourth-order valence-corrected chi connectivity index (χ4v) is 3.15. The third-order valence-electron chi connectivity index (χ3n) is 4.31. The molecule has 0 aromatic rings. The lowest BCUT2D eigenvalue weighted by atomic mass is 9.97. The number of hydrogen-bond donors (Lipinski definition) is 2. The Morgan fingerprint density at radius 1 is 1.14 bits per heavy atom. The number of aliphatic carboxylic acids is 1. The zero-order valence-electron chi connectivity index (χ0n) is 13.1. The summed E-state index contributed by atoms with van der Waals surface area (Å²) in [4.78, 5) is 38.9. The van der Waals surface area contributed by atoms with Crippen molar-refractivity contribution in [1.29, 1.82) is 0 Å². The summed E-state index contributed by atoms with van der Waals surface area (Å²) in [6.07, 6.45) is 3.57. The number of carboxylic acid groups (broad SMARTS) is 1. The first kappa shape index (κ1) is 16.6. The van der Waals surface area contributed by atoms with Crippen LogP contribution in [0.3, 0.4) is 0 Å². The standard InChI is InChI=1S/C15H25N3O4/c1-11(9-13(19)20)16-14(21)12-5-4-8-18(10-12)15(22)17-6-2-3-7-17/h11-12H,2-10H2,1H3,(H,16,21)(H,19,20). The first-order chi connectivity index (χ1) is 10.5. The lowest BCUT2D eigenvalue weighted by Crippen LogP contribution is -2.50. The molecule has 124 valence electrons. The summed E-state index contributed by atoms with van der Waals surface area (Å²) in [5, 5.41) is 11.5. The van der Waals surface area contributed by atoms with Gasteiger partial charge in [0.25, 0.3) is 0 Å². The van der Waals surface area contributed by atoms with Crippen LogP contribution in [-0.2, 0) is 9.59 Å². The van der Waals surface area contributed by atoms with Gasteiger partial charge in [-0.3, -0.25) is 9.59 Å². The number of hydrogen-bond acceptors (Lipinski definition) is 3. The van der Waals surface area contributed by atoms with Gasteiger partial charge < -0.3 is 20.2 Å². The Balaban J connectivity index is 1.85. The van der Waals surface area contributed by atoms with Crippen LogP contribution in [0, 0.1) is 5.92 Å². The Kier molecular flexibility index (Phi) is 5.63. The Morgan fingerprint density at radius 2 is 1.77 bits per heavy atom. The van der Waals surface area contributed by atoms with Gasteiger partial charge in [-0.1, -0.05) is 0 Å². The van der Waals surface area contributed by atoms with E-state index in [9.17, 15) is 14.4 Å². The highest BCUT2D eigenvalue weighted by Crippen LogP contribution is 2.20. The van der Waals surface area contributed by atoms with Gasteiger partial charge in [0.1, 0.15) is 0 Å². The van der Waals surface area contributed by atoms with E-state index < -0.39 is 12.0 Å². The number of carboxylic acids is 1. The Labute approximate surface area is 130 Å². The summed E-state index contributed by atoms with van der Waals surface area (Å²) in [6.45, 7) is 4.43. The van der Waals surface area contributed by atoms with Crippen molar-refractivity contribution in [2.24, 2.45) is 5.92 Å². The molecule has 2 heterocycles. The second kappa shape index (κ2) is 7.47. The van der Waals surface area contributed by atoms with Crippen LogP contribution in [0.2, 0.25) is 0 Å². The molecule has 22 heavy (non-hydrogen) atoms. The van der Waals surface area contributed by atoms with Gasteiger partial charge in [0.2, 0.25) is 5.91 Å². The molecule has 2 fully saturated rings. The maximum absolute atomic E-state index is 12.4. The number of rotatable bonds is 4. The number of likely N-dealkylation sites (tertiary alicyclic amines) is 2. The molecule has 2 N–H and O–H groups in total. The fraction of sp³-hybridized carbons (Fsp3) is 0.800. The molecule has 0 bridgehead atoms. The third kappa shape index (κ3) is 4.35. The summed E-state index contributed by atoms with van der Waals surface area (Å²) < 4.78 is 0. The van der Waals surface area contributed by atoms with Crippen molar-refractivity contribution in [3.63, 3.8) is 0 Å². The quantitative estimate of drug-likeness (QED) is 0.807. The van der Waals surface area contributed by atoms with Crippen LogP contribution < -0.4 is 5.32 Å². The summed E-state index contributed by atoms with van der Waals surface area (Å²) in [6, 6.07) is -0.358. The van der Waals surface area contributed by atoms with E-state index in [-0.39, 0.29) is 24.3 Å². The molecule has 2 aliphatic rings. The van der Waals surface area contributed by atoms with Crippen LogP contribution in [0.5, 0.6) is 0 Å². The van der Waals surface area contributed by atoms with E-state index in [2.05, 4.69) is 5.32 Å². The summed E-state index contributed by atoms with van der Waals surface area (Å²) in [7, 11) is 0. The summed E-state index contributed by atoms with van der Waals surface area (Å²) in [5.74, 6) is -1.31. The molecule has 7 heteroatoms. The molecule has 0 aromatic heterocycles. The molecule has 0 spiro atoms. The van der Waals surface area contributed by atoms with E-state index in [0.29, 0.717) is 13.1 Å². The molecule has 2 aliphatic heterocycles. The summed E-state index contributed by atoms with van der Waals surface area (Å²) >= 11 is 0. The first-order valence-electron chi connectivity index (χ1n) is 8.03. The second-order valence-corrected chi connectivity index (χ2v) is 6.27. The van der Waals surface area contributed by atoms with Crippen molar-refractivity contribution in [3.8, 4) is 0 Å². The molecule has 2 atom stereocenters. The molecule has 2 saturated heterocycles. The van der Waals surface area contributed by atoms with Crippen molar-refractivity contribution in [2.75, 3.05) is 26.2 Å². The van der Waals surface area contributed by atoms with Crippen LogP contribution in [0.1, 0.15) is 39.0 Å². The van der Waals surface area contributed by atoms with Crippen LogP contribution in [0.15, 0.2) is 0 Å². The molecular weight excluding hydrogens is 286 g/mol. The average molecular weight is 311 g/mol. The van der Waals surface area contributed by atoms with E-state index in [1.54, 1.807) is 11.8 Å². The number of urea groups is 1. The third-order valence-corrected chi connectivity index (χ3v) is 4.31. The number of carbonyl (C=O) groups excluding carboxylic acids is 2. The Hall–Kier alpha value is -1.79. The lowest BCUT2D eigenvalue weighted by molar-refractivity contribution is -0.137. The average Bonchev–Trinajstić information content (AvgIpc) is 2.99. The molecule has 2 unspecified atom stereocenters. The predicted molar refractivity (Wildman–Crippen MR) is 80.4 cm³/mol. The largest absolute Gasteiger partial charge is 0.481 e. The number of nitrogens with zero attached hydrogens (tertiary/aromatic N) is 2. The zero-order chi connectivity index (χ0) is 16.1. The van der Waals surface area contributed by atoms with E-state index in [4.69, 9.17) is 5.11 Å². The van der Waals surface area contributed by atoms with Crippen molar-refractivity contribution in [2.45, 2.75) is 45.1 Å². The first-order valence-corrected chi connectivity index (χ1v) is 8.03. The maximum Gasteiger partial charge on any atom is 0.320 e. The van der Waals surface area contributed by atoms with Crippen molar-refractivity contribution in [3.05, 3.63) is 0 Å². The highest BCUT2D eigenvalue weighted by Gasteiger charge is 2.31. The van der Waals surface area contributed by atoms with Crippen LogP contribution in [-0.4, -0.2) is 65.0 Å². The van der Waals surface area contributed by atoms with Gasteiger partial charge in [-0.25, -0.2) is 4.79 Å². The minimum absolute atomic E-state index is 0.0357. The monoisotopic (exact) mass is 311 g/mol. The van der Waals surface area contributed by atoms with Gasteiger partial charge in [0.05, 0.1) is 12.3 Å². The molecule has 7 nitrogen and oxygen atoms in total. The Morgan fingerprint density at radius 3 is 2.41 bits per heavy atom. The van der Waals surface area contributed by atoms with Gasteiger partial charge in [-0.2, -0.15) is 0 Å². The van der Waals surface area contributed by atoms with Crippen LogP contribution in [0.25, 0.3) is 0 Å². The second-order valence-electron chi connectivity index (χ2n) is 6.27. The van der Waals surface area contributed by atoms with Gasteiger partial charge >= 0.3 is 12.0 Å². The number of amides is 3. The minimum atomic E-state index is -0.928. The molecule has 0 radical (unpaired) electrons. The van der Waals surface area contributed by atoms with Crippen LogP contribution in [0.4, 0.5) is 4.79 Å². The topological polar surface area (TPSA) is 90.0 Å². The van der Waals surface area contributed by atoms with Gasteiger partial charge in [-0.05, 0) is 32.6 Å². The Bertz CT molecular complexity index is 435. The highest BCUT2D eigenvalue weighted by atomic mass is 16.4. The zero-order valence-corrected chi connectivity index (χ0v) is 13.1. The smallest absolute Gasteiger partial charge is 0.320 e.